The quantitative estimate of drug-likeness (QED) is 0.581. The topological polar surface area (TPSA) is 87.9 Å². The molecule has 1 unspecified atom stereocenters. The van der Waals surface area contributed by atoms with Crippen molar-refractivity contribution >= 4 is 11.5 Å². The van der Waals surface area contributed by atoms with Crippen LogP contribution in [0.25, 0.3) is 0 Å². The average Bonchev–Trinajstić information content (AvgIpc) is 2.98. The summed E-state index contributed by atoms with van der Waals surface area (Å²) in [5.41, 5.74) is -0.0929. The minimum Gasteiger partial charge on any atom is -0.493 e. The van der Waals surface area contributed by atoms with Crippen molar-refractivity contribution in [2.45, 2.75) is 6.42 Å². The molecule has 7 heteroatoms. The van der Waals surface area contributed by atoms with E-state index in [2.05, 4.69) is 0 Å². The Bertz CT molecular complexity index is 510. The zero-order chi connectivity index (χ0) is 14.5. The minimum absolute atomic E-state index is 0.0390. The number of carbonyl (C=O) groups excluding carboxylic acids is 1. The maximum Gasteiger partial charge on any atom is 0.273 e. The van der Waals surface area contributed by atoms with Gasteiger partial charge in [0, 0.05) is 18.6 Å². The second-order valence-electron chi connectivity index (χ2n) is 4.41. The lowest BCUT2D eigenvalue weighted by Crippen LogP contribution is -2.21. The van der Waals surface area contributed by atoms with Gasteiger partial charge in [0.2, 0.25) is 0 Å². The predicted molar refractivity (Wildman–Crippen MR) is 69.1 cm³/mol. The maximum absolute atomic E-state index is 11.8. The summed E-state index contributed by atoms with van der Waals surface area (Å²) in [6.45, 7) is 0.930. The van der Waals surface area contributed by atoms with E-state index < -0.39 is 4.92 Å². The van der Waals surface area contributed by atoms with Gasteiger partial charge >= 0.3 is 0 Å². The van der Waals surface area contributed by atoms with Gasteiger partial charge in [-0.05, 0) is 12.5 Å². The molecular formula is C13H15NO6. The number of nitro benzene ring substituents is 1. The molecule has 7 nitrogen and oxygen atoms in total. The molecule has 0 radical (unpaired) electrons. The van der Waals surface area contributed by atoms with Gasteiger partial charge in [-0.15, -0.1) is 0 Å². The van der Waals surface area contributed by atoms with Crippen LogP contribution in [0.15, 0.2) is 18.2 Å². The summed E-state index contributed by atoms with van der Waals surface area (Å²) < 4.78 is 15.6. The summed E-state index contributed by atoms with van der Waals surface area (Å²) in [6.07, 6.45) is 0.708. The van der Waals surface area contributed by atoms with E-state index in [0.29, 0.717) is 25.4 Å². The molecule has 1 atom stereocenters. The van der Waals surface area contributed by atoms with Crippen molar-refractivity contribution in [2.75, 3.05) is 26.9 Å². The maximum atomic E-state index is 11.8. The number of ether oxygens (including phenoxy) is 3. The van der Waals surface area contributed by atoms with Crippen LogP contribution in [-0.2, 0) is 9.53 Å². The molecule has 1 fully saturated rings. The fourth-order valence-electron chi connectivity index (χ4n) is 1.94. The number of non-ortho nitro benzene ring substituents is 1. The van der Waals surface area contributed by atoms with E-state index in [4.69, 9.17) is 14.2 Å². The molecule has 1 aliphatic rings. The third-order valence-electron chi connectivity index (χ3n) is 3.11. The molecule has 108 valence electrons. The summed E-state index contributed by atoms with van der Waals surface area (Å²) >= 11 is 0. The van der Waals surface area contributed by atoms with Crippen molar-refractivity contribution in [1.82, 2.24) is 0 Å². The van der Waals surface area contributed by atoms with Crippen molar-refractivity contribution in [3.8, 4) is 11.5 Å². The summed E-state index contributed by atoms with van der Waals surface area (Å²) in [5, 5.41) is 10.7. The van der Waals surface area contributed by atoms with Crippen LogP contribution < -0.4 is 9.47 Å². The van der Waals surface area contributed by atoms with Crippen molar-refractivity contribution in [3.63, 3.8) is 0 Å². The second kappa shape index (κ2) is 6.33. The van der Waals surface area contributed by atoms with Crippen LogP contribution in [0, 0.1) is 16.0 Å². The van der Waals surface area contributed by atoms with E-state index in [0.717, 1.165) is 0 Å². The van der Waals surface area contributed by atoms with E-state index in [9.17, 15) is 14.9 Å². The highest BCUT2D eigenvalue weighted by molar-refractivity contribution is 5.82. The number of nitrogens with zero attached hydrogens (tertiary/aromatic N) is 1. The number of rotatable bonds is 6. The molecule has 1 heterocycles. The average molecular weight is 281 g/mol. The number of benzene rings is 1. The summed E-state index contributed by atoms with van der Waals surface area (Å²) in [4.78, 5) is 22.0. The molecule has 0 saturated carbocycles. The Morgan fingerprint density at radius 1 is 1.50 bits per heavy atom. The van der Waals surface area contributed by atoms with Gasteiger partial charge in [0.1, 0.15) is 6.61 Å². The first-order valence-electron chi connectivity index (χ1n) is 6.17. The van der Waals surface area contributed by atoms with E-state index in [1.165, 1.54) is 25.3 Å². The number of Topliss-reactive ketones (excluding diaryl/α,β-unsaturated/α-hetero) is 1. The fraction of sp³-hybridized carbons (Fsp3) is 0.462. The molecule has 0 amide bonds. The van der Waals surface area contributed by atoms with Crippen molar-refractivity contribution in [3.05, 3.63) is 28.3 Å². The summed E-state index contributed by atoms with van der Waals surface area (Å²) in [5.74, 6) is 0.377. The van der Waals surface area contributed by atoms with E-state index >= 15 is 0 Å². The third-order valence-corrected chi connectivity index (χ3v) is 3.11. The van der Waals surface area contributed by atoms with Crippen molar-refractivity contribution in [2.24, 2.45) is 5.92 Å². The van der Waals surface area contributed by atoms with Gasteiger partial charge in [-0.25, -0.2) is 0 Å². The molecule has 20 heavy (non-hydrogen) atoms. The molecule has 1 aromatic carbocycles. The number of ketones is 1. The van der Waals surface area contributed by atoms with Gasteiger partial charge in [0.15, 0.2) is 17.3 Å². The third kappa shape index (κ3) is 3.24. The van der Waals surface area contributed by atoms with Crippen LogP contribution in [0.4, 0.5) is 5.69 Å². The van der Waals surface area contributed by atoms with Crippen LogP contribution in [0.2, 0.25) is 0 Å². The number of nitro groups is 1. The summed E-state index contributed by atoms with van der Waals surface area (Å²) in [7, 11) is 1.39. The molecule has 0 spiro atoms. The van der Waals surface area contributed by atoms with Crippen molar-refractivity contribution in [1.29, 1.82) is 0 Å². The SMILES string of the molecule is COc1cc([N+](=O)[O-])ccc1OCC(=O)C1CCOC1. The molecule has 0 bridgehead atoms. The monoisotopic (exact) mass is 281 g/mol. The number of methoxy groups -OCH3 is 1. The standard InChI is InChI=1S/C13H15NO6/c1-18-13-6-10(14(16)17)2-3-12(13)20-8-11(15)9-4-5-19-7-9/h2-3,6,9H,4-5,7-8H2,1H3. The first-order chi connectivity index (χ1) is 9.61. The van der Waals surface area contributed by atoms with Crippen LogP contribution in [0.1, 0.15) is 6.42 Å². The van der Waals surface area contributed by atoms with Gasteiger partial charge in [-0.3, -0.25) is 14.9 Å². The highest BCUT2D eigenvalue weighted by atomic mass is 16.6. The Morgan fingerprint density at radius 3 is 2.90 bits per heavy atom. The van der Waals surface area contributed by atoms with E-state index in [-0.39, 0.29) is 29.7 Å². The van der Waals surface area contributed by atoms with E-state index in [1.54, 1.807) is 0 Å². The highest BCUT2D eigenvalue weighted by Crippen LogP contribution is 2.31. The van der Waals surface area contributed by atoms with Crippen LogP contribution in [-0.4, -0.2) is 37.6 Å². The second-order valence-corrected chi connectivity index (χ2v) is 4.41. The normalized spacial score (nSPS) is 17.8. The van der Waals surface area contributed by atoms with Crippen LogP contribution in [0.5, 0.6) is 11.5 Å². The molecule has 0 aliphatic carbocycles. The van der Waals surface area contributed by atoms with Gasteiger partial charge in [-0.2, -0.15) is 0 Å². The van der Waals surface area contributed by atoms with Crippen LogP contribution >= 0.6 is 0 Å². The molecule has 1 aromatic rings. The Labute approximate surface area is 115 Å². The molecular weight excluding hydrogens is 266 g/mol. The lowest BCUT2D eigenvalue weighted by molar-refractivity contribution is -0.384. The Morgan fingerprint density at radius 2 is 2.30 bits per heavy atom. The Hall–Kier alpha value is -2.15. The zero-order valence-electron chi connectivity index (χ0n) is 11.0. The first-order valence-corrected chi connectivity index (χ1v) is 6.17. The van der Waals surface area contributed by atoms with Gasteiger partial charge in [0.25, 0.3) is 5.69 Å². The molecule has 1 aliphatic heterocycles. The number of hydrogen-bond acceptors (Lipinski definition) is 6. The first kappa shape index (κ1) is 14.3. The Balaban J connectivity index is 2.01. The summed E-state index contributed by atoms with van der Waals surface area (Å²) in [6, 6.07) is 3.99. The van der Waals surface area contributed by atoms with Crippen LogP contribution in [0.3, 0.4) is 0 Å². The lowest BCUT2D eigenvalue weighted by Gasteiger charge is -2.11. The molecule has 1 saturated heterocycles. The minimum atomic E-state index is -0.521. The highest BCUT2D eigenvalue weighted by Gasteiger charge is 2.24. The van der Waals surface area contributed by atoms with Gasteiger partial charge < -0.3 is 14.2 Å². The van der Waals surface area contributed by atoms with Gasteiger partial charge in [0.05, 0.1) is 24.7 Å². The van der Waals surface area contributed by atoms with E-state index in [1.807, 2.05) is 0 Å². The molecule has 0 aromatic heterocycles. The predicted octanol–water partition coefficient (Wildman–Crippen LogP) is 1.59. The van der Waals surface area contributed by atoms with Gasteiger partial charge in [-0.1, -0.05) is 0 Å². The zero-order valence-corrected chi connectivity index (χ0v) is 11.0. The molecule has 2 rings (SSSR count). The Kier molecular flexibility index (Phi) is 4.52. The molecule has 0 N–H and O–H groups in total. The lowest BCUT2D eigenvalue weighted by atomic mass is 10.0. The fourth-order valence-corrected chi connectivity index (χ4v) is 1.94. The number of hydrogen-bond donors (Lipinski definition) is 0. The smallest absolute Gasteiger partial charge is 0.273 e. The largest absolute Gasteiger partial charge is 0.493 e. The number of carbonyl (C=O) groups is 1. The van der Waals surface area contributed by atoms with Crippen molar-refractivity contribution < 1.29 is 23.9 Å².